The average molecular weight is 224 g/mol. The van der Waals surface area contributed by atoms with E-state index in [1.54, 1.807) is 0 Å². The van der Waals surface area contributed by atoms with Crippen molar-refractivity contribution in [1.29, 1.82) is 0 Å². The monoisotopic (exact) mass is 224 g/mol. The summed E-state index contributed by atoms with van der Waals surface area (Å²) in [4.78, 5) is 11.6. The van der Waals surface area contributed by atoms with Gasteiger partial charge in [0.15, 0.2) is 0 Å². The van der Waals surface area contributed by atoms with Crippen LogP contribution in [0.25, 0.3) is 0 Å². The highest BCUT2D eigenvalue weighted by molar-refractivity contribution is 5.92. The Balaban J connectivity index is 2.14. The number of piperidine rings is 1. The summed E-state index contributed by atoms with van der Waals surface area (Å²) < 4.78 is 0. The number of carbonyl (C=O) groups is 1. The molecular formula is C13H24N2O. The van der Waals surface area contributed by atoms with Gasteiger partial charge in [-0.1, -0.05) is 13.0 Å². The second-order valence-electron chi connectivity index (χ2n) is 4.55. The van der Waals surface area contributed by atoms with E-state index >= 15 is 0 Å². The Labute approximate surface area is 98.7 Å². The van der Waals surface area contributed by atoms with E-state index in [0.717, 1.165) is 44.0 Å². The van der Waals surface area contributed by atoms with E-state index in [1.165, 1.54) is 12.8 Å². The number of hydrogen-bond donors (Lipinski definition) is 2. The van der Waals surface area contributed by atoms with E-state index in [2.05, 4.69) is 10.6 Å². The number of rotatable bonds is 5. The van der Waals surface area contributed by atoms with Crippen LogP contribution < -0.4 is 10.6 Å². The normalized spacial score (nSPS) is 21.9. The maximum atomic E-state index is 11.6. The Bertz CT molecular complexity index is 242. The first kappa shape index (κ1) is 13.2. The van der Waals surface area contributed by atoms with Gasteiger partial charge >= 0.3 is 0 Å². The second kappa shape index (κ2) is 7.44. The SMILES string of the molecule is CC/C=C(\C)C(=O)NCC[C@H]1CCCNC1. The lowest BCUT2D eigenvalue weighted by Gasteiger charge is -2.22. The zero-order valence-corrected chi connectivity index (χ0v) is 10.5. The zero-order chi connectivity index (χ0) is 11.8. The van der Waals surface area contributed by atoms with Crippen molar-refractivity contribution in [3.05, 3.63) is 11.6 Å². The topological polar surface area (TPSA) is 41.1 Å². The van der Waals surface area contributed by atoms with Crippen molar-refractivity contribution in [3.63, 3.8) is 0 Å². The summed E-state index contributed by atoms with van der Waals surface area (Å²) in [7, 11) is 0. The van der Waals surface area contributed by atoms with Crippen molar-refractivity contribution in [3.8, 4) is 0 Å². The largest absolute Gasteiger partial charge is 0.352 e. The van der Waals surface area contributed by atoms with Gasteiger partial charge in [-0.3, -0.25) is 4.79 Å². The van der Waals surface area contributed by atoms with Gasteiger partial charge in [-0.25, -0.2) is 0 Å². The highest BCUT2D eigenvalue weighted by atomic mass is 16.1. The fraction of sp³-hybridized carbons (Fsp3) is 0.769. The Morgan fingerprint density at radius 1 is 1.56 bits per heavy atom. The van der Waals surface area contributed by atoms with Gasteiger partial charge in [-0.2, -0.15) is 0 Å². The quantitative estimate of drug-likeness (QED) is 0.700. The summed E-state index contributed by atoms with van der Waals surface area (Å²) in [6.07, 6.45) is 6.56. The Kier molecular flexibility index (Phi) is 6.16. The number of hydrogen-bond acceptors (Lipinski definition) is 2. The minimum Gasteiger partial charge on any atom is -0.352 e. The van der Waals surface area contributed by atoms with Crippen LogP contribution in [0.3, 0.4) is 0 Å². The third-order valence-corrected chi connectivity index (χ3v) is 3.11. The van der Waals surface area contributed by atoms with Crippen LogP contribution in [0.15, 0.2) is 11.6 Å². The van der Waals surface area contributed by atoms with Crippen molar-refractivity contribution in [2.45, 2.75) is 39.5 Å². The first-order chi connectivity index (χ1) is 7.74. The van der Waals surface area contributed by atoms with Gasteiger partial charge < -0.3 is 10.6 Å². The van der Waals surface area contributed by atoms with E-state index in [9.17, 15) is 4.79 Å². The smallest absolute Gasteiger partial charge is 0.246 e. The van der Waals surface area contributed by atoms with Gasteiger partial charge in [-0.15, -0.1) is 0 Å². The standard InChI is InChI=1S/C13H24N2O/c1-3-5-11(2)13(16)15-9-7-12-6-4-8-14-10-12/h5,12,14H,3-4,6-10H2,1-2H3,(H,15,16)/b11-5+/t12-/m1/s1. The molecule has 3 heteroatoms. The molecule has 0 bridgehead atoms. The lowest BCUT2D eigenvalue weighted by molar-refractivity contribution is -0.117. The molecule has 1 aliphatic heterocycles. The van der Waals surface area contributed by atoms with Gasteiger partial charge in [0.1, 0.15) is 0 Å². The number of nitrogens with one attached hydrogen (secondary N) is 2. The predicted molar refractivity (Wildman–Crippen MR) is 67.3 cm³/mol. The van der Waals surface area contributed by atoms with Crippen LogP contribution in [0.1, 0.15) is 39.5 Å². The van der Waals surface area contributed by atoms with Gasteiger partial charge in [0.05, 0.1) is 0 Å². The summed E-state index contributed by atoms with van der Waals surface area (Å²) in [5.41, 5.74) is 0.837. The molecule has 3 nitrogen and oxygen atoms in total. The van der Waals surface area contributed by atoms with Crippen LogP contribution in [0, 0.1) is 5.92 Å². The summed E-state index contributed by atoms with van der Waals surface area (Å²) in [5.74, 6) is 0.829. The fourth-order valence-corrected chi connectivity index (χ4v) is 2.10. The molecule has 0 aromatic heterocycles. The molecule has 0 aliphatic carbocycles. The Morgan fingerprint density at radius 2 is 2.38 bits per heavy atom. The molecule has 0 saturated carbocycles. The maximum Gasteiger partial charge on any atom is 0.246 e. The predicted octanol–water partition coefficient (Wildman–Crippen LogP) is 1.85. The van der Waals surface area contributed by atoms with Crippen molar-refractivity contribution in [2.24, 2.45) is 5.92 Å². The molecule has 1 aliphatic rings. The minimum absolute atomic E-state index is 0.0885. The lowest BCUT2D eigenvalue weighted by atomic mass is 9.96. The van der Waals surface area contributed by atoms with Crippen LogP contribution in [-0.4, -0.2) is 25.5 Å². The lowest BCUT2D eigenvalue weighted by Crippen LogP contribution is -2.33. The first-order valence-electron chi connectivity index (χ1n) is 6.39. The van der Waals surface area contributed by atoms with Crippen LogP contribution in [0.2, 0.25) is 0 Å². The van der Waals surface area contributed by atoms with E-state index in [4.69, 9.17) is 0 Å². The highest BCUT2D eigenvalue weighted by Gasteiger charge is 2.12. The highest BCUT2D eigenvalue weighted by Crippen LogP contribution is 2.12. The van der Waals surface area contributed by atoms with Gasteiger partial charge in [-0.05, 0) is 51.6 Å². The molecule has 1 heterocycles. The number of carbonyl (C=O) groups excluding carboxylic acids is 1. The fourth-order valence-electron chi connectivity index (χ4n) is 2.10. The molecule has 0 spiro atoms. The molecule has 1 rings (SSSR count). The summed E-state index contributed by atoms with van der Waals surface area (Å²) in [6, 6.07) is 0. The van der Waals surface area contributed by atoms with E-state index in [0.29, 0.717) is 0 Å². The van der Waals surface area contributed by atoms with Crippen LogP contribution >= 0.6 is 0 Å². The third-order valence-electron chi connectivity index (χ3n) is 3.11. The average Bonchev–Trinajstić information content (AvgIpc) is 2.30. The first-order valence-corrected chi connectivity index (χ1v) is 6.39. The molecular weight excluding hydrogens is 200 g/mol. The molecule has 2 N–H and O–H groups in total. The van der Waals surface area contributed by atoms with Crippen LogP contribution in [0.5, 0.6) is 0 Å². The van der Waals surface area contributed by atoms with Crippen LogP contribution in [-0.2, 0) is 4.79 Å². The Hall–Kier alpha value is -0.830. The van der Waals surface area contributed by atoms with Gasteiger partial charge in [0.25, 0.3) is 0 Å². The van der Waals surface area contributed by atoms with Crippen LogP contribution in [0.4, 0.5) is 0 Å². The summed E-state index contributed by atoms with van der Waals surface area (Å²) in [6.45, 7) is 6.99. The number of amides is 1. The molecule has 1 amide bonds. The molecule has 0 unspecified atom stereocenters. The molecule has 1 fully saturated rings. The molecule has 1 saturated heterocycles. The van der Waals surface area contributed by atoms with Gasteiger partial charge in [0, 0.05) is 12.1 Å². The van der Waals surface area contributed by atoms with Gasteiger partial charge in [0.2, 0.25) is 5.91 Å². The molecule has 0 radical (unpaired) electrons. The van der Waals surface area contributed by atoms with Crippen molar-refractivity contribution in [2.75, 3.05) is 19.6 Å². The maximum absolute atomic E-state index is 11.6. The van der Waals surface area contributed by atoms with Crippen molar-refractivity contribution < 1.29 is 4.79 Å². The number of allylic oxidation sites excluding steroid dienone is 1. The molecule has 0 aromatic rings. The zero-order valence-electron chi connectivity index (χ0n) is 10.5. The van der Waals surface area contributed by atoms with E-state index in [-0.39, 0.29) is 5.91 Å². The van der Waals surface area contributed by atoms with Crippen molar-refractivity contribution in [1.82, 2.24) is 10.6 Å². The molecule has 1 atom stereocenters. The summed E-state index contributed by atoms with van der Waals surface area (Å²) in [5, 5.41) is 6.37. The minimum atomic E-state index is 0.0885. The van der Waals surface area contributed by atoms with Crippen molar-refractivity contribution >= 4 is 5.91 Å². The summed E-state index contributed by atoms with van der Waals surface area (Å²) >= 11 is 0. The molecule has 0 aromatic carbocycles. The third kappa shape index (κ3) is 4.79. The van der Waals surface area contributed by atoms with E-state index < -0.39 is 0 Å². The van der Waals surface area contributed by atoms with E-state index in [1.807, 2.05) is 19.9 Å². The molecule has 92 valence electrons. The molecule has 16 heavy (non-hydrogen) atoms. The second-order valence-corrected chi connectivity index (χ2v) is 4.55. The Morgan fingerprint density at radius 3 is 3.00 bits per heavy atom.